The zero-order valence-electron chi connectivity index (χ0n) is 14.1. The van der Waals surface area contributed by atoms with Gasteiger partial charge in [-0.2, -0.15) is 5.10 Å². The smallest absolute Gasteiger partial charge is 0.272 e. The summed E-state index contributed by atoms with van der Waals surface area (Å²) >= 11 is 0. The maximum atomic E-state index is 11.9. The molecular weight excluding hydrogens is 332 g/mol. The lowest BCUT2D eigenvalue weighted by atomic mass is 10.2. The molecule has 1 N–H and O–H groups in total. The summed E-state index contributed by atoms with van der Waals surface area (Å²) in [6.45, 7) is 0.337. The maximum Gasteiger partial charge on any atom is 0.272 e. The molecular formula is C19H16N4O3. The number of rotatable bonds is 4. The first kappa shape index (κ1) is 17.2. The number of nitrogens with one attached hydrogen (secondary N) is 1. The van der Waals surface area contributed by atoms with Crippen molar-refractivity contribution in [2.24, 2.45) is 7.05 Å². The number of carbonyl (C=O) groups excluding carboxylic acids is 1. The Morgan fingerprint density at radius 3 is 2.88 bits per heavy atom. The second-order valence-corrected chi connectivity index (χ2v) is 5.34. The highest BCUT2D eigenvalue weighted by Crippen LogP contribution is 2.22. The minimum atomic E-state index is -0.394. The zero-order valence-corrected chi connectivity index (χ0v) is 14.1. The molecule has 3 rings (SSSR count). The molecule has 0 aliphatic rings. The van der Waals surface area contributed by atoms with Gasteiger partial charge in [0.2, 0.25) is 0 Å². The summed E-state index contributed by atoms with van der Waals surface area (Å²) in [7, 11) is 1.48. The van der Waals surface area contributed by atoms with E-state index in [1.807, 2.05) is 30.3 Å². The molecule has 7 heteroatoms. The van der Waals surface area contributed by atoms with Gasteiger partial charge in [0.15, 0.2) is 0 Å². The van der Waals surface area contributed by atoms with Crippen molar-refractivity contribution < 1.29 is 9.53 Å². The second kappa shape index (κ2) is 7.94. The molecule has 1 amide bonds. The van der Waals surface area contributed by atoms with Crippen LogP contribution in [0.1, 0.15) is 10.5 Å². The van der Waals surface area contributed by atoms with Crippen molar-refractivity contribution in [3.05, 3.63) is 64.7 Å². The van der Waals surface area contributed by atoms with E-state index in [4.69, 9.17) is 4.74 Å². The quantitative estimate of drug-likeness (QED) is 0.715. The highest BCUT2D eigenvalue weighted by molar-refractivity contribution is 5.92. The van der Waals surface area contributed by atoms with E-state index in [9.17, 15) is 9.59 Å². The molecule has 0 spiro atoms. The Labute approximate surface area is 149 Å². The van der Waals surface area contributed by atoms with E-state index in [0.717, 1.165) is 15.6 Å². The fourth-order valence-electron chi connectivity index (χ4n) is 2.26. The number of hydrogen-bond donors (Lipinski definition) is 1. The van der Waals surface area contributed by atoms with Crippen LogP contribution < -0.4 is 15.6 Å². The van der Waals surface area contributed by atoms with Gasteiger partial charge in [-0.15, -0.1) is 0 Å². The average molecular weight is 348 g/mol. The van der Waals surface area contributed by atoms with Crippen LogP contribution in [0.15, 0.2) is 53.5 Å². The molecule has 3 aromatic rings. The molecule has 130 valence electrons. The van der Waals surface area contributed by atoms with Gasteiger partial charge < -0.3 is 10.1 Å². The number of para-hydroxylation sites is 1. The van der Waals surface area contributed by atoms with Crippen molar-refractivity contribution in [2.45, 2.75) is 0 Å². The molecule has 0 unspecified atom stereocenters. The maximum absolute atomic E-state index is 11.9. The van der Waals surface area contributed by atoms with Gasteiger partial charge in [0.25, 0.3) is 11.5 Å². The van der Waals surface area contributed by atoms with Gasteiger partial charge in [-0.05, 0) is 18.2 Å². The molecule has 7 nitrogen and oxygen atoms in total. The number of hydrogen-bond acceptors (Lipinski definition) is 5. The van der Waals surface area contributed by atoms with Crippen LogP contribution in [-0.2, 0) is 7.05 Å². The number of nitrogens with zero attached hydrogens (tertiary/aromatic N) is 3. The SMILES string of the molecule is Cn1nc(C(=O)NCC#CCOc2cccc3cccnc23)ccc1=O. The molecule has 0 atom stereocenters. The van der Waals surface area contributed by atoms with Crippen LogP contribution in [-0.4, -0.2) is 33.8 Å². The molecule has 26 heavy (non-hydrogen) atoms. The molecule has 0 radical (unpaired) electrons. The number of amides is 1. The Bertz CT molecular complexity index is 1060. The highest BCUT2D eigenvalue weighted by atomic mass is 16.5. The van der Waals surface area contributed by atoms with Crippen molar-refractivity contribution in [1.82, 2.24) is 20.1 Å². The standard InChI is InChI=1S/C19H16N4O3/c1-23-17(24)10-9-15(22-23)19(25)21-11-2-3-13-26-16-8-4-6-14-7-5-12-20-18(14)16/h4-10,12H,11,13H2,1H3,(H,21,25). The summed E-state index contributed by atoms with van der Waals surface area (Å²) in [5.41, 5.74) is 0.666. The molecule has 0 aliphatic carbocycles. The van der Waals surface area contributed by atoms with E-state index < -0.39 is 5.91 Å². The van der Waals surface area contributed by atoms with Crippen LogP contribution in [0.4, 0.5) is 0 Å². The number of benzene rings is 1. The van der Waals surface area contributed by atoms with E-state index in [1.165, 1.54) is 19.2 Å². The lowest BCUT2D eigenvalue weighted by Gasteiger charge is -2.05. The van der Waals surface area contributed by atoms with Gasteiger partial charge in [-0.25, -0.2) is 4.68 Å². The first-order chi connectivity index (χ1) is 12.6. The van der Waals surface area contributed by atoms with Gasteiger partial charge in [-0.1, -0.05) is 30.0 Å². The number of pyridine rings is 1. The van der Waals surface area contributed by atoms with E-state index in [-0.39, 0.29) is 24.4 Å². The Hall–Kier alpha value is -3.66. The normalized spacial score (nSPS) is 10.0. The molecule has 2 aromatic heterocycles. The van der Waals surface area contributed by atoms with Crippen LogP contribution in [0, 0.1) is 11.8 Å². The third-order valence-corrected chi connectivity index (χ3v) is 3.55. The molecule has 2 heterocycles. The predicted molar refractivity (Wildman–Crippen MR) is 96.8 cm³/mol. The van der Waals surface area contributed by atoms with Gasteiger partial charge in [0, 0.05) is 24.7 Å². The van der Waals surface area contributed by atoms with E-state index in [2.05, 4.69) is 27.2 Å². The number of ether oxygens (including phenoxy) is 1. The summed E-state index contributed by atoms with van der Waals surface area (Å²) in [5.74, 6) is 5.91. The monoisotopic (exact) mass is 348 g/mol. The Balaban J connectivity index is 1.52. The molecule has 0 aliphatic heterocycles. The Kier molecular flexibility index (Phi) is 5.25. The van der Waals surface area contributed by atoms with Crippen LogP contribution in [0.5, 0.6) is 5.75 Å². The molecule has 1 aromatic carbocycles. The van der Waals surface area contributed by atoms with Crippen molar-refractivity contribution >= 4 is 16.8 Å². The van der Waals surface area contributed by atoms with Gasteiger partial charge in [0.05, 0.1) is 6.54 Å². The fraction of sp³-hybridized carbons (Fsp3) is 0.158. The first-order valence-corrected chi connectivity index (χ1v) is 7.90. The van der Waals surface area contributed by atoms with Crippen molar-refractivity contribution in [3.8, 4) is 17.6 Å². The minimum absolute atomic E-state index is 0.153. The lowest BCUT2D eigenvalue weighted by Crippen LogP contribution is -2.28. The summed E-state index contributed by atoms with van der Waals surface area (Å²) in [6, 6.07) is 12.2. The van der Waals surface area contributed by atoms with Crippen molar-refractivity contribution in [3.63, 3.8) is 0 Å². The summed E-state index contributed by atoms with van der Waals surface area (Å²) in [4.78, 5) is 27.5. The van der Waals surface area contributed by atoms with E-state index in [0.29, 0.717) is 5.75 Å². The number of fused-ring (bicyclic) bond motifs is 1. The van der Waals surface area contributed by atoms with Crippen molar-refractivity contribution in [1.29, 1.82) is 0 Å². The Morgan fingerprint density at radius 1 is 1.19 bits per heavy atom. The summed E-state index contributed by atoms with van der Waals surface area (Å²) in [5, 5.41) is 7.48. The van der Waals surface area contributed by atoms with Crippen LogP contribution in [0.3, 0.4) is 0 Å². The summed E-state index contributed by atoms with van der Waals surface area (Å²) < 4.78 is 6.74. The topological polar surface area (TPSA) is 86.1 Å². The van der Waals surface area contributed by atoms with E-state index >= 15 is 0 Å². The molecule has 0 saturated carbocycles. The summed E-state index contributed by atoms with van der Waals surface area (Å²) in [6.07, 6.45) is 1.71. The van der Waals surface area contributed by atoms with Crippen LogP contribution >= 0.6 is 0 Å². The fourth-order valence-corrected chi connectivity index (χ4v) is 2.26. The largest absolute Gasteiger partial charge is 0.479 e. The predicted octanol–water partition coefficient (Wildman–Crippen LogP) is 1.14. The van der Waals surface area contributed by atoms with E-state index in [1.54, 1.807) is 6.20 Å². The van der Waals surface area contributed by atoms with Gasteiger partial charge in [0.1, 0.15) is 23.6 Å². The van der Waals surface area contributed by atoms with Crippen molar-refractivity contribution in [2.75, 3.05) is 13.2 Å². The van der Waals surface area contributed by atoms with Gasteiger partial charge in [-0.3, -0.25) is 14.6 Å². The molecule has 0 fully saturated rings. The highest BCUT2D eigenvalue weighted by Gasteiger charge is 2.06. The number of carbonyl (C=O) groups is 1. The number of aryl methyl sites for hydroxylation is 1. The van der Waals surface area contributed by atoms with Gasteiger partial charge >= 0.3 is 0 Å². The second-order valence-electron chi connectivity index (χ2n) is 5.34. The molecule has 0 saturated heterocycles. The Morgan fingerprint density at radius 2 is 2.04 bits per heavy atom. The third kappa shape index (κ3) is 4.05. The molecule has 0 bridgehead atoms. The number of aromatic nitrogens is 3. The minimum Gasteiger partial charge on any atom is -0.479 e. The zero-order chi connectivity index (χ0) is 18.4. The lowest BCUT2D eigenvalue weighted by molar-refractivity contribution is 0.0951. The van der Waals surface area contributed by atoms with Crippen LogP contribution in [0.25, 0.3) is 10.9 Å². The average Bonchev–Trinajstić information content (AvgIpc) is 2.66. The first-order valence-electron chi connectivity index (χ1n) is 7.90. The van der Waals surface area contributed by atoms with Crippen LogP contribution in [0.2, 0.25) is 0 Å². The third-order valence-electron chi connectivity index (χ3n) is 3.55.